The monoisotopic (exact) mass is 252 g/mol. The fraction of sp³-hybridized carbons (Fsp3) is 0. The fourth-order valence-electron chi connectivity index (χ4n) is 0.496. The van der Waals surface area contributed by atoms with Crippen molar-refractivity contribution in [3.8, 4) is 5.75 Å². The molecule has 0 atom stereocenters. The highest BCUT2D eigenvalue weighted by Gasteiger charge is 1.94. The summed E-state index contributed by atoms with van der Waals surface area (Å²) in [6.45, 7) is 0. The van der Waals surface area contributed by atoms with Crippen LogP contribution in [0.2, 0.25) is 0 Å². The van der Waals surface area contributed by atoms with E-state index in [1.807, 2.05) is 0 Å². The molecule has 0 saturated heterocycles. The Morgan fingerprint density at radius 3 is 2.56 bits per heavy atom. The maximum Gasteiger partial charge on any atom is 0.128 e. The number of halogens is 1. The molecule has 0 unspecified atom stereocenters. The van der Waals surface area contributed by atoms with Crippen LogP contribution in [0.3, 0.4) is 0 Å². The normalized spacial score (nSPS) is 9.56. The first-order valence-electron chi connectivity index (χ1n) is 2.37. The van der Waals surface area contributed by atoms with E-state index in [1.165, 1.54) is 0 Å². The fourth-order valence-corrected chi connectivity index (χ4v) is 1.46. The number of rotatable bonds is 0. The Morgan fingerprint density at radius 2 is 2.11 bits per heavy atom. The number of phenols is 1. The lowest BCUT2D eigenvalue weighted by atomic mass is 10.3. The molecule has 1 nitrogen and oxygen atoms in total. The molecule has 0 aliphatic heterocycles. The summed E-state index contributed by atoms with van der Waals surface area (Å²) in [6, 6.07) is 5.18. The zero-order valence-electron chi connectivity index (χ0n) is 4.50. The molecule has 0 bridgehead atoms. The number of thiol groups is 1. The summed E-state index contributed by atoms with van der Waals surface area (Å²) in [6.07, 6.45) is 0. The number of phenolic OH excluding ortho intramolecular Hbond substituents is 1. The van der Waals surface area contributed by atoms with Gasteiger partial charge in [0.25, 0.3) is 0 Å². The van der Waals surface area contributed by atoms with E-state index in [2.05, 4.69) is 35.2 Å². The second-order valence-corrected chi connectivity index (χ2v) is 3.31. The zero-order chi connectivity index (χ0) is 6.85. The maximum atomic E-state index is 9.00. The van der Waals surface area contributed by atoms with Gasteiger partial charge in [0.15, 0.2) is 0 Å². The lowest BCUT2D eigenvalue weighted by Crippen LogP contribution is -1.71. The van der Waals surface area contributed by atoms with Crippen molar-refractivity contribution in [3.63, 3.8) is 0 Å². The lowest BCUT2D eigenvalue weighted by molar-refractivity contribution is 0.471. The van der Waals surface area contributed by atoms with Crippen LogP contribution in [0.1, 0.15) is 0 Å². The Bertz CT molecular complexity index is 224. The van der Waals surface area contributed by atoms with E-state index in [1.54, 1.807) is 18.2 Å². The molecule has 0 aromatic heterocycles. The minimum atomic E-state index is 0.313. The summed E-state index contributed by atoms with van der Waals surface area (Å²) in [5.41, 5.74) is 0. The van der Waals surface area contributed by atoms with Gasteiger partial charge in [0.05, 0.1) is 3.57 Å². The van der Waals surface area contributed by atoms with Crippen molar-refractivity contribution in [1.29, 1.82) is 0 Å². The van der Waals surface area contributed by atoms with E-state index in [4.69, 9.17) is 5.11 Å². The molecule has 3 heteroatoms. The summed E-state index contributed by atoms with van der Waals surface area (Å²) in [5.74, 6) is 0.313. The van der Waals surface area contributed by atoms with Crippen molar-refractivity contribution >= 4 is 35.2 Å². The SMILES string of the molecule is Oc1ccc(S)cc1I. The molecule has 0 aliphatic rings. The molecule has 9 heavy (non-hydrogen) atoms. The van der Waals surface area contributed by atoms with E-state index in [0.717, 1.165) is 8.47 Å². The third-order valence-corrected chi connectivity index (χ3v) is 2.07. The van der Waals surface area contributed by atoms with Crippen LogP contribution >= 0.6 is 35.2 Å². The van der Waals surface area contributed by atoms with Crippen molar-refractivity contribution in [2.24, 2.45) is 0 Å². The van der Waals surface area contributed by atoms with Crippen molar-refractivity contribution in [3.05, 3.63) is 21.8 Å². The highest BCUT2D eigenvalue weighted by atomic mass is 127. The summed E-state index contributed by atoms with van der Waals surface area (Å²) in [4.78, 5) is 0.872. The first kappa shape index (κ1) is 7.21. The third kappa shape index (κ3) is 1.76. The Hall–Kier alpha value is 0.1000. The van der Waals surface area contributed by atoms with Crippen LogP contribution in [0, 0.1) is 3.57 Å². The van der Waals surface area contributed by atoms with Gasteiger partial charge in [-0.1, -0.05) is 0 Å². The van der Waals surface area contributed by atoms with Gasteiger partial charge in [0, 0.05) is 4.90 Å². The van der Waals surface area contributed by atoms with E-state index in [0.29, 0.717) is 5.75 Å². The zero-order valence-corrected chi connectivity index (χ0v) is 7.56. The van der Waals surface area contributed by atoms with Gasteiger partial charge < -0.3 is 5.11 Å². The average Bonchev–Trinajstić information content (AvgIpc) is 1.80. The van der Waals surface area contributed by atoms with Crippen molar-refractivity contribution in [2.75, 3.05) is 0 Å². The quantitative estimate of drug-likeness (QED) is 0.536. The van der Waals surface area contributed by atoms with E-state index < -0.39 is 0 Å². The molecular formula is C6H5IOS. The number of hydrogen-bond acceptors (Lipinski definition) is 2. The molecule has 48 valence electrons. The molecule has 0 radical (unpaired) electrons. The first-order chi connectivity index (χ1) is 4.20. The molecular weight excluding hydrogens is 247 g/mol. The third-order valence-electron chi connectivity index (χ3n) is 0.931. The molecule has 1 N–H and O–H groups in total. The summed E-state index contributed by atoms with van der Waals surface area (Å²) in [5, 5.41) is 9.00. The smallest absolute Gasteiger partial charge is 0.128 e. The molecule has 1 aromatic rings. The number of benzene rings is 1. The number of aromatic hydroxyl groups is 1. The predicted molar refractivity (Wildman–Crippen MR) is 48.1 cm³/mol. The van der Waals surface area contributed by atoms with Gasteiger partial charge in [0.2, 0.25) is 0 Å². The molecule has 1 aromatic carbocycles. The van der Waals surface area contributed by atoms with Gasteiger partial charge in [-0.2, -0.15) is 0 Å². The van der Waals surface area contributed by atoms with Gasteiger partial charge >= 0.3 is 0 Å². The van der Waals surface area contributed by atoms with Gasteiger partial charge in [-0.15, -0.1) is 12.6 Å². The Morgan fingerprint density at radius 1 is 1.44 bits per heavy atom. The van der Waals surface area contributed by atoms with E-state index in [-0.39, 0.29) is 0 Å². The van der Waals surface area contributed by atoms with Crippen LogP contribution < -0.4 is 0 Å². The summed E-state index contributed by atoms with van der Waals surface area (Å²) >= 11 is 6.14. The molecule has 0 aliphatic carbocycles. The molecule has 0 heterocycles. The lowest BCUT2D eigenvalue weighted by Gasteiger charge is -1.94. The molecule has 0 saturated carbocycles. The second kappa shape index (κ2) is 2.79. The first-order valence-corrected chi connectivity index (χ1v) is 3.90. The van der Waals surface area contributed by atoms with Gasteiger partial charge in [-0.3, -0.25) is 0 Å². The van der Waals surface area contributed by atoms with Gasteiger partial charge in [-0.05, 0) is 40.8 Å². The van der Waals surface area contributed by atoms with Crippen LogP contribution in [0.15, 0.2) is 23.1 Å². The Balaban J connectivity index is 3.17. The minimum Gasteiger partial charge on any atom is -0.507 e. The van der Waals surface area contributed by atoms with Crippen molar-refractivity contribution in [2.45, 2.75) is 4.90 Å². The summed E-state index contributed by atoms with van der Waals surface area (Å²) < 4.78 is 0.833. The van der Waals surface area contributed by atoms with Crippen LogP contribution in [0.25, 0.3) is 0 Å². The van der Waals surface area contributed by atoms with E-state index in [9.17, 15) is 0 Å². The van der Waals surface area contributed by atoms with Crippen LogP contribution in [-0.2, 0) is 0 Å². The van der Waals surface area contributed by atoms with Crippen molar-refractivity contribution in [1.82, 2.24) is 0 Å². The predicted octanol–water partition coefficient (Wildman–Crippen LogP) is 2.29. The highest BCUT2D eigenvalue weighted by Crippen LogP contribution is 2.21. The molecule has 1 rings (SSSR count). The Labute approximate surface area is 72.6 Å². The van der Waals surface area contributed by atoms with Crippen LogP contribution in [0.5, 0.6) is 5.75 Å². The maximum absolute atomic E-state index is 9.00. The average molecular weight is 252 g/mol. The Kier molecular flexibility index (Phi) is 2.23. The molecule has 0 fully saturated rings. The van der Waals surface area contributed by atoms with Gasteiger partial charge in [0.1, 0.15) is 5.75 Å². The topological polar surface area (TPSA) is 20.2 Å². The van der Waals surface area contributed by atoms with Gasteiger partial charge in [-0.25, -0.2) is 0 Å². The highest BCUT2D eigenvalue weighted by molar-refractivity contribution is 14.1. The number of hydrogen-bond donors (Lipinski definition) is 2. The second-order valence-electron chi connectivity index (χ2n) is 1.64. The van der Waals surface area contributed by atoms with Crippen LogP contribution in [-0.4, -0.2) is 5.11 Å². The summed E-state index contributed by atoms with van der Waals surface area (Å²) in [7, 11) is 0. The van der Waals surface area contributed by atoms with E-state index >= 15 is 0 Å². The molecule has 0 amide bonds. The van der Waals surface area contributed by atoms with Crippen LogP contribution in [0.4, 0.5) is 0 Å². The largest absolute Gasteiger partial charge is 0.507 e. The molecule has 0 spiro atoms. The minimum absolute atomic E-state index is 0.313. The standard InChI is InChI=1S/C6H5IOS/c7-5-3-4(9)1-2-6(5)8/h1-3,8-9H. The van der Waals surface area contributed by atoms with Crippen molar-refractivity contribution < 1.29 is 5.11 Å².